The summed E-state index contributed by atoms with van der Waals surface area (Å²) in [6, 6.07) is 9.13. The van der Waals surface area contributed by atoms with Crippen molar-refractivity contribution in [2.45, 2.75) is 6.18 Å². The Morgan fingerprint density at radius 2 is 1.47 bits per heavy atom. The minimum Gasteiger partial charge on any atom is -0.166 e. The largest absolute Gasteiger partial charge is 0.416 e. The molecule has 2 aromatic carbocycles. The second-order valence-corrected chi connectivity index (χ2v) is 4.45. The number of fused-ring (bicyclic) bond motifs is 1. The lowest BCUT2D eigenvalue weighted by Crippen LogP contribution is -2.04. The van der Waals surface area contributed by atoms with Crippen LogP contribution >= 0.6 is 22.6 Å². The first-order valence-corrected chi connectivity index (χ1v) is 5.31. The molecule has 0 aliphatic carbocycles. The van der Waals surface area contributed by atoms with Crippen LogP contribution in [-0.2, 0) is 6.18 Å². The maximum absolute atomic E-state index is 12.4. The molecule has 2 rings (SSSR count). The highest BCUT2D eigenvalue weighted by molar-refractivity contribution is 14.1. The lowest BCUT2D eigenvalue weighted by molar-refractivity contribution is -0.137. The van der Waals surface area contributed by atoms with E-state index in [1.807, 2.05) is 6.07 Å². The van der Waals surface area contributed by atoms with Gasteiger partial charge in [0.1, 0.15) is 0 Å². The minimum atomic E-state index is -4.27. The summed E-state index contributed by atoms with van der Waals surface area (Å²) in [4.78, 5) is 0. The van der Waals surface area contributed by atoms with Crippen molar-refractivity contribution in [1.82, 2.24) is 0 Å². The van der Waals surface area contributed by atoms with Crippen molar-refractivity contribution in [3.05, 3.63) is 45.5 Å². The molecule has 4 heteroatoms. The van der Waals surface area contributed by atoms with E-state index >= 15 is 0 Å². The lowest BCUT2D eigenvalue weighted by Gasteiger charge is -2.07. The Labute approximate surface area is 98.2 Å². The van der Waals surface area contributed by atoms with Gasteiger partial charge >= 0.3 is 6.18 Å². The van der Waals surface area contributed by atoms with Crippen LogP contribution < -0.4 is 0 Å². The molecule has 0 saturated carbocycles. The molecular weight excluding hydrogens is 316 g/mol. The zero-order chi connectivity index (χ0) is 11.1. The summed E-state index contributed by atoms with van der Waals surface area (Å²) in [5, 5.41) is 1.44. The molecule has 78 valence electrons. The molecule has 0 spiro atoms. The zero-order valence-corrected chi connectivity index (χ0v) is 9.63. The van der Waals surface area contributed by atoms with E-state index < -0.39 is 11.7 Å². The Balaban J connectivity index is 2.62. The van der Waals surface area contributed by atoms with Crippen molar-refractivity contribution in [3.63, 3.8) is 0 Å². The van der Waals surface area contributed by atoms with E-state index in [0.29, 0.717) is 5.39 Å². The van der Waals surface area contributed by atoms with Crippen LogP contribution in [-0.4, -0.2) is 0 Å². The van der Waals surface area contributed by atoms with Gasteiger partial charge in [-0.1, -0.05) is 12.1 Å². The van der Waals surface area contributed by atoms with Gasteiger partial charge in [-0.25, -0.2) is 0 Å². The molecule has 0 unspecified atom stereocenters. The number of benzene rings is 2. The van der Waals surface area contributed by atoms with Crippen LogP contribution in [0.3, 0.4) is 0 Å². The van der Waals surface area contributed by atoms with Gasteiger partial charge < -0.3 is 0 Å². The van der Waals surface area contributed by atoms with Crippen LogP contribution in [0.1, 0.15) is 5.56 Å². The van der Waals surface area contributed by atoms with Gasteiger partial charge in [-0.15, -0.1) is 0 Å². The van der Waals surface area contributed by atoms with E-state index in [1.54, 1.807) is 12.1 Å². The Bertz CT molecular complexity index is 503. The monoisotopic (exact) mass is 322 g/mol. The van der Waals surface area contributed by atoms with E-state index in [2.05, 4.69) is 22.6 Å². The maximum Gasteiger partial charge on any atom is 0.416 e. The number of rotatable bonds is 0. The molecule has 0 nitrogen and oxygen atoms in total. The van der Waals surface area contributed by atoms with Crippen molar-refractivity contribution in [3.8, 4) is 0 Å². The van der Waals surface area contributed by atoms with Crippen LogP contribution in [0.5, 0.6) is 0 Å². The molecule has 0 radical (unpaired) electrons. The van der Waals surface area contributed by atoms with Gasteiger partial charge in [-0.2, -0.15) is 13.2 Å². The molecule has 0 aromatic heterocycles. The molecule has 0 heterocycles. The molecule has 2 aromatic rings. The lowest BCUT2D eigenvalue weighted by atomic mass is 10.1. The number of halogens is 4. The zero-order valence-electron chi connectivity index (χ0n) is 7.48. The highest BCUT2D eigenvalue weighted by Gasteiger charge is 2.30. The molecule has 0 N–H and O–H groups in total. The molecule has 0 saturated heterocycles. The maximum atomic E-state index is 12.4. The Hall–Kier alpha value is -0.780. The van der Waals surface area contributed by atoms with Crippen LogP contribution in [0.25, 0.3) is 10.8 Å². The summed E-state index contributed by atoms with van der Waals surface area (Å²) in [6.07, 6.45) is -4.27. The molecule has 0 amide bonds. The third-order valence-corrected chi connectivity index (χ3v) is 2.80. The Morgan fingerprint density at radius 1 is 0.867 bits per heavy atom. The normalized spacial score (nSPS) is 12.0. The van der Waals surface area contributed by atoms with Crippen molar-refractivity contribution in [1.29, 1.82) is 0 Å². The van der Waals surface area contributed by atoms with Crippen LogP contribution in [0.4, 0.5) is 13.2 Å². The van der Waals surface area contributed by atoms with Gasteiger partial charge in [0, 0.05) is 3.57 Å². The van der Waals surface area contributed by atoms with Crippen molar-refractivity contribution >= 4 is 33.4 Å². The fourth-order valence-electron chi connectivity index (χ4n) is 1.39. The van der Waals surface area contributed by atoms with Gasteiger partial charge in [-0.05, 0) is 57.6 Å². The highest BCUT2D eigenvalue weighted by atomic mass is 127. The predicted octanol–water partition coefficient (Wildman–Crippen LogP) is 4.46. The van der Waals surface area contributed by atoms with Crippen molar-refractivity contribution < 1.29 is 13.2 Å². The standard InChI is InChI=1S/C11H6F3I/c12-11(13,14)9-3-1-8-6-10(15)4-2-7(8)5-9/h1-6H. The predicted molar refractivity (Wildman–Crippen MR) is 61.7 cm³/mol. The van der Waals surface area contributed by atoms with Crippen LogP contribution in [0, 0.1) is 3.57 Å². The van der Waals surface area contributed by atoms with Crippen molar-refractivity contribution in [2.24, 2.45) is 0 Å². The van der Waals surface area contributed by atoms with Crippen LogP contribution in [0.2, 0.25) is 0 Å². The molecule has 0 fully saturated rings. The summed E-state index contributed by atoms with van der Waals surface area (Å²) in [7, 11) is 0. The number of hydrogen-bond donors (Lipinski definition) is 0. The summed E-state index contributed by atoms with van der Waals surface area (Å²) in [5.74, 6) is 0. The first-order chi connectivity index (χ1) is 6.97. The van der Waals surface area contributed by atoms with Gasteiger partial charge in [0.15, 0.2) is 0 Å². The number of hydrogen-bond acceptors (Lipinski definition) is 0. The topological polar surface area (TPSA) is 0 Å². The average molecular weight is 322 g/mol. The van der Waals surface area contributed by atoms with Crippen molar-refractivity contribution in [2.75, 3.05) is 0 Å². The van der Waals surface area contributed by atoms with Crippen LogP contribution in [0.15, 0.2) is 36.4 Å². The summed E-state index contributed by atoms with van der Waals surface area (Å²) < 4.78 is 38.2. The molecule has 0 atom stereocenters. The molecular formula is C11H6F3I. The first-order valence-electron chi connectivity index (χ1n) is 4.23. The Kier molecular flexibility index (Phi) is 2.62. The number of alkyl halides is 3. The summed E-state index contributed by atoms with van der Waals surface area (Å²) in [5.41, 5.74) is -0.601. The fraction of sp³-hybridized carbons (Fsp3) is 0.0909. The molecule has 0 bridgehead atoms. The summed E-state index contributed by atoms with van der Waals surface area (Å²) in [6.45, 7) is 0. The van der Waals surface area contributed by atoms with Gasteiger partial charge in [-0.3, -0.25) is 0 Å². The van der Waals surface area contributed by atoms with E-state index in [9.17, 15) is 13.2 Å². The quantitative estimate of drug-likeness (QED) is 0.628. The first kappa shape index (κ1) is 10.7. The van der Waals surface area contributed by atoms with Gasteiger partial charge in [0.05, 0.1) is 5.56 Å². The second kappa shape index (κ2) is 3.66. The van der Waals surface area contributed by atoms with Gasteiger partial charge in [0.2, 0.25) is 0 Å². The third kappa shape index (κ3) is 2.25. The van der Waals surface area contributed by atoms with E-state index in [4.69, 9.17) is 0 Å². The molecule has 15 heavy (non-hydrogen) atoms. The molecule has 0 aliphatic rings. The molecule has 0 aliphatic heterocycles. The van der Waals surface area contributed by atoms with E-state index in [1.165, 1.54) is 12.1 Å². The average Bonchev–Trinajstić information content (AvgIpc) is 2.15. The highest BCUT2D eigenvalue weighted by Crippen LogP contribution is 2.31. The van der Waals surface area contributed by atoms with Gasteiger partial charge in [0.25, 0.3) is 0 Å². The second-order valence-electron chi connectivity index (χ2n) is 3.20. The fourth-order valence-corrected chi connectivity index (χ4v) is 1.91. The Morgan fingerprint density at radius 3 is 2.13 bits per heavy atom. The van der Waals surface area contributed by atoms with E-state index in [-0.39, 0.29) is 0 Å². The summed E-state index contributed by atoms with van der Waals surface area (Å²) >= 11 is 2.13. The smallest absolute Gasteiger partial charge is 0.166 e. The van der Waals surface area contributed by atoms with E-state index in [0.717, 1.165) is 15.0 Å². The minimum absolute atomic E-state index is 0.601. The SMILES string of the molecule is FC(F)(F)c1ccc2cc(I)ccc2c1. The third-order valence-electron chi connectivity index (χ3n) is 2.13.